The highest BCUT2D eigenvalue weighted by atomic mass is 16.1. The maximum atomic E-state index is 12.5. The van der Waals surface area contributed by atoms with Crippen LogP contribution in [-0.2, 0) is 0 Å². The van der Waals surface area contributed by atoms with Gasteiger partial charge in [-0.3, -0.25) is 9.78 Å². The van der Waals surface area contributed by atoms with Gasteiger partial charge in [-0.2, -0.15) is 0 Å². The molecule has 1 N–H and O–H groups in total. The van der Waals surface area contributed by atoms with Gasteiger partial charge in [-0.25, -0.2) is 4.98 Å². The monoisotopic (exact) mass is 403 g/mol. The number of aromatic nitrogens is 2. The summed E-state index contributed by atoms with van der Waals surface area (Å²) in [6, 6.07) is 13.9. The minimum absolute atomic E-state index is 0.0494. The first kappa shape index (κ1) is 20.3. The lowest BCUT2D eigenvalue weighted by Crippen LogP contribution is -2.31. The van der Waals surface area contributed by atoms with Gasteiger partial charge in [0.25, 0.3) is 5.91 Å². The first-order valence-electron chi connectivity index (χ1n) is 10.7. The number of likely N-dealkylation sites (N-methyl/N-ethyl adjacent to an activating group) is 1. The number of hydrogen-bond donors (Lipinski definition) is 1. The maximum Gasteiger partial charge on any atom is 0.251 e. The van der Waals surface area contributed by atoms with E-state index >= 15 is 0 Å². The van der Waals surface area contributed by atoms with Crippen molar-refractivity contribution in [3.8, 4) is 11.1 Å². The molecule has 0 unspecified atom stereocenters. The van der Waals surface area contributed by atoms with Crippen LogP contribution in [0.3, 0.4) is 0 Å². The van der Waals surface area contributed by atoms with Gasteiger partial charge in [0.05, 0.1) is 17.2 Å². The third-order valence-electron chi connectivity index (χ3n) is 5.51. The van der Waals surface area contributed by atoms with Gasteiger partial charge in [0.1, 0.15) is 5.82 Å². The molecule has 30 heavy (non-hydrogen) atoms. The van der Waals surface area contributed by atoms with Crippen LogP contribution in [0.25, 0.3) is 22.2 Å². The molecule has 0 radical (unpaired) electrons. The summed E-state index contributed by atoms with van der Waals surface area (Å²) < 4.78 is 0. The third kappa shape index (κ3) is 4.76. The van der Waals surface area contributed by atoms with Crippen LogP contribution in [0.4, 0.5) is 5.82 Å². The van der Waals surface area contributed by atoms with Crippen LogP contribution in [0.2, 0.25) is 0 Å². The van der Waals surface area contributed by atoms with Crippen molar-refractivity contribution in [1.29, 1.82) is 0 Å². The van der Waals surface area contributed by atoms with Crippen LogP contribution in [0.5, 0.6) is 0 Å². The van der Waals surface area contributed by atoms with E-state index in [9.17, 15) is 4.79 Å². The highest BCUT2D eigenvalue weighted by Gasteiger charge is 2.13. The van der Waals surface area contributed by atoms with Crippen LogP contribution in [0.1, 0.15) is 29.6 Å². The predicted molar refractivity (Wildman–Crippen MR) is 122 cm³/mol. The van der Waals surface area contributed by atoms with Gasteiger partial charge in [0.2, 0.25) is 0 Å². The molecular weight excluding hydrogens is 374 g/mol. The molecule has 6 nitrogen and oxygen atoms in total. The fraction of sp³-hybridized carbons (Fsp3) is 0.375. The molecule has 2 aromatic carbocycles. The Hall–Kier alpha value is -2.99. The average molecular weight is 404 g/mol. The summed E-state index contributed by atoms with van der Waals surface area (Å²) in [7, 11) is 3.98. The smallest absolute Gasteiger partial charge is 0.251 e. The number of fused-ring (bicyclic) bond motifs is 1. The molecule has 4 rings (SSSR count). The average Bonchev–Trinajstić information content (AvgIpc) is 2.78. The van der Waals surface area contributed by atoms with Gasteiger partial charge < -0.3 is 15.1 Å². The van der Waals surface area contributed by atoms with E-state index in [0.29, 0.717) is 12.1 Å². The molecule has 3 aromatic rings. The number of carbonyl (C=O) groups excluding carboxylic acids is 1. The molecule has 1 fully saturated rings. The highest BCUT2D eigenvalue weighted by Crippen LogP contribution is 2.26. The van der Waals surface area contributed by atoms with Crippen molar-refractivity contribution in [2.24, 2.45) is 0 Å². The van der Waals surface area contributed by atoms with E-state index in [1.807, 2.05) is 61.6 Å². The van der Waals surface area contributed by atoms with Crippen LogP contribution in [-0.4, -0.2) is 61.0 Å². The van der Waals surface area contributed by atoms with E-state index in [4.69, 9.17) is 4.98 Å². The Kier molecular flexibility index (Phi) is 6.23. The summed E-state index contributed by atoms with van der Waals surface area (Å²) >= 11 is 0. The highest BCUT2D eigenvalue weighted by molar-refractivity contribution is 5.95. The zero-order chi connectivity index (χ0) is 20.9. The number of nitrogens with zero attached hydrogens (tertiary/aromatic N) is 4. The zero-order valence-corrected chi connectivity index (χ0v) is 17.8. The molecule has 0 spiro atoms. The number of anilines is 1. The zero-order valence-electron chi connectivity index (χ0n) is 17.8. The number of carbonyl (C=O) groups is 1. The van der Waals surface area contributed by atoms with E-state index < -0.39 is 0 Å². The van der Waals surface area contributed by atoms with Gasteiger partial charge in [0, 0.05) is 31.7 Å². The molecule has 1 aliphatic heterocycles. The Morgan fingerprint density at radius 2 is 1.83 bits per heavy atom. The van der Waals surface area contributed by atoms with E-state index in [1.54, 1.807) is 0 Å². The molecule has 1 saturated heterocycles. The Morgan fingerprint density at radius 1 is 1.03 bits per heavy atom. The number of piperidine rings is 1. The lowest BCUT2D eigenvalue weighted by molar-refractivity contribution is 0.0951. The Morgan fingerprint density at radius 3 is 2.63 bits per heavy atom. The molecule has 1 amide bonds. The summed E-state index contributed by atoms with van der Waals surface area (Å²) in [5.74, 6) is 0.903. The second-order valence-electron chi connectivity index (χ2n) is 8.12. The molecule has 0 aliphatic carbocycles. The van der Waals surface area contributed by atoms with Crippen LogP contribution in [0, 0.1) is 0 Å². The molecule has 0 saturated carbocycles. The summed E-state index contributed by atoms with van der Waals surface area (Å²) in [6.45, 7) is 3.53. The minimum Gasteiger partial charge on any atom is -0.355 e. The number of nitrogens with one attached hydrogen (secondary N) is 1. The summed E-state index contributed by atoms with van der Waals surface area (Å²) in [4.78, 5) is 26.3. The van der Waals surface area contributed by atoms with Crippen molar-refractivity contribution in [3.05, 3.63) is 54.2 Å². The largest absolute Gasteiger partial charge is 0.355 e. The lowest BCUT2D eigenvalue weighted by atomic mass is 10.0. The van der Waals surface area contributed by atoms with E-state index in [1.165, 1.54) is 19.3 Å². The van der Waals surface area contributed by atoms with Crippen LogP contribution < -0.4 is 10.2 Å². The van der Waals surface area contributed by atoms with Crippen molar-refractivity contribution in [2.75, 3.05) is 45.2 Å². The number of rotatable bonds is 6. The number of benzene rings is 2. The lowest BCUT2D eigenvalue weighted by Gasteiger charge is -2.27. The van der Waals surface area contributed by atoms with E-state index in [2.05, 4.69) is 21.3 Å². The van der Waals surface area contributed by atoms with Crippen LogP contribution in [0.15, 0.2) is 48.7 Å². The molecular formula is C24H29N5O. The van der Waals surface area contributed by atoms with Crippen molar-refractivity contribution in [3.63, 3.8) is 0 Å². The minimum atomic E-state index is -0.0494. The molecule has 6 heteroatoms. The van der Waals surface area contributed by atoms with E-state index in [-0.39, 0.29) is 5.91 Å². The normalized spacial score (nSPS) is 14.3. The van der Waals surface area contributed by atoms with Gasteiger partial charge in [-0.1, -0.05) is 18.2 Å². The van der Waals surface area contributed by atoms with Crippen molar-refractivity contribution < 1.29 is 4.79 Å². The maximum absolute atomic E-state index is 12.5. The molecule has 0 atom stereocenters. The Labute approximate surface area is 177 Å². The van der Waals surface area contributed by atoms with Crippen molar-refractivity contribution in [1.82, 2.24) is 20.2 Å². The first-order valence-corrected chi connectivity index (χ1v) is 10.7. The second kappa shape index (κ2) is 9.22. The predicted octanol–water partition coefficient (Wildman–Crippen LogP) is 3.58. The summed E-state index contributed by atoms with van der Waals surface area (Å²) in [5.41, 5.74) is 4.48. The molecule has 1 aliphatic rings. The number of hydrogen-bond acceptors (Lipinski definition) is 5. The molecule has 156 valence electrons. The Balaban J connectivity index is 1.57. The van der Waals surface area contributed by atoms with Gasteiger partial charge in [0.15, 0.2) is 0 Å². The quantitative estimate of drug-likeness (QED) is 0.682. The topological polar surface area (TPSA) is 61.4 Å². The van der Waals surface area contributed by atoms with E-state index in [0.717, 1.165) is 47.6 Å². The first-order chi connectivity index (χ1) is 14.6. The number of amides is 1. The van der Waals surface area contributed by atoms with Gasteiger partial charge in [-0.15, -0.1) is 0 Å². The molecule has 0 bridgehead atoms. The molecule has 1 aromatic heterocycles. The summed E-state index contributed by atoms with van der Waals surface area (Å²) in [6.07, 6.45) is 5.60. The molecule has 2 heterocycles. The van der Waals surface area contributed by atoms with Crippen LogP contribution >= 0.6 is 0 Å². The fourth-order valence-corrected chi connectivity index (χ4v) is 3.79. The SMILES string of the molecule is CN(C)CCNC(=O)c1cccc(-c2ccc3ncc(N4CCCCC4)nc3c2)c1. The second-order valence-corrected chi connectivity index (χ2v) is 8.12. The Bertz CT molecular complexity index is 1030. The summed E-state index contributed by atoms with van der Waals surface area (Å²) in [5, 5.41) is 2.97. The van der Waals surface area contributed by atoms with Gasteiger partial charge >= 0.3 is 0 Å². The van der Waals surface area contributed by atoms with Crippen molar-refractivity contribution >= 4 is 22.8 Å². The standard InChI is InChI=1S/C24H29N5O/c1-28(2)14-11-25-24(30)20-8-6-7-18(15-20)19-9-10-21-22(16-19)27-23(17-26-21)29-12-4-3-5-13-29/h6-10,15-17H,3-5,11-14H2,1-2H3,(H,25,30). The fourth-order valence-electron chi connectivity index (χ4n) is 3.79. The van der Waals surface area contributed by atoms with Gasteiger partial charge in [-0.05, 0) is 68.8 Å². The third-order valence-corrected chi connectivity index (χ3v) is 5.51. The van der Waals surface area contributed by atoms with Crippen molar-refractivity contribution in [2.45, 2.75) is 19.3 Å².